The average molecular weight is 525 g/mol. The van der Waals surface area contributed by atoms with Crippen LogP contribution in [0.25, 0.3) is 0 Å². The van der Waals surface area contributed by atoms with E-state index >= 15 is 0 Å². The summed E-state index contributed by atoms with van der Waals surface area (Å²) in [7, 11) is 0. The van der Waals surface area contributed by atoms with E-state index < -0.39 is 29.9 Å². The Balaban J connectivity index is 1.71. The van der Waals surface area contributed by atoms with Crippen LogP contribution in [0.5, 0.6) is 0 Å². The molecule has 1 aromatic heterocycles. The first-order chi connectivity index (χ1) is 18.1. The van der Waals surface area contributed by atoms with Crippen molar-refractivity contribution in [2.24, 2.45) is 5.92 Å². The number of nitrogens with zero attached hydrogens (tertiary/aromatic N) is 2. The smallest absolute Gasteiger partial charge is 0.408 e. The second kappa shape index (κ2) is 13.6. The molecule has 0 fully saturated rings. The van der Waals surface area contributed by atoms with Crippen LogP contribution in [0.15, 0.2) is 65.1 Å². The number of carbonyl (C=O) groups is 2. The zero-order valence-corrected chi connectivity index (χ0v) is 22.5. The number of hydrogen-bond acceptors (Lipinski definition) is 8. The van der Waals surface area contributed by atoms with Crippen molar-refractivity contribution in [3.8, 4) is 0 Å². The van der Waals surface area contributed by atoms with Crippen molar-refractivity contribution in [2.45, 2.75) is 65.5 Å². The number of carbonyl (C=O) groups excluding carboxylic acids is 2. The van der Waals surface area contributed by atoms with Gasteiger partial charge in [0.1, 0.15) is 24.3 Å². The van der Waals surface area contributed by atoms with Crippen LogP contribution >= 0.6 is 0 Å². The highest BCUT2D eigenvalue weighted by Crippen LogP contribution is 2.24. The molecule has 38 heavy (non-hydrogen) atoms. The minimum absolute atomic E-state index is 0.0583. The second-order valence-corrected chi connectivity index (χ2v) is 10.1. The molecule has 0 radical (unpaired) electrons. The highest BCUT2D eigenvalue weighted by Gasteiger charge is 2.29. The van der Waals surface area contributed by atoms with E-state index in [1.807, 2.05) is 74.5 Å². The summed E-state index contributed by atoms with van der Waals surface area (Å²) in [6, 6.07) is 17.6. The number of amides is 2. The fourth-order valence-corrected chi connectivity index (χ4v) is 3.41. The summed E-state index contributed by atoms with van der Waals surface area (Å²) in [6.45, 7) is 9.65. The van der Waals surface area contributed by atoms with Gasteiger partial charge in [0.15, 0.2) is 0 Å². The number of nitrogens with one attached hydrogen (secondary N) is 2. The van der Waals surface area contributed by atoms with Crippen molar-refractivity contribution in [1.82, 2.24) is 20.8 Å². The molecule has 3 aromatic rings. The standard InChI is InChI=1S/C28H36N4O6/c1-19(2)23(30-27(34)38-28(3,4)5)25-32-31-24(37-25)22(18-35-16-20-12-8-6-9-13-20)29-26(33)36-17-21-14-10-7-11-15-21/h6-15,19,22-23H,16-18H2,1-5H3,(H,29,33)(H,30,34)/t22-,23-/m0/s1. The van der Waals surface area contributed by atoms with Gasteiger partial charge in [-0.1, -0.05) is 74.5 Å². The molecule has 0 bridgehead atoms. The van der Waals surface area contributed by atoms with Gasteiger partial charge in [0.05, 0.1) is 13.2 Å². The molecule has 10 nitrogen and oxygen atoms in total. The molecule has 204 valence electrons. The van der Waals surface area contributed by atoms with E-state index in [0.29, 0.717) is 6.61 Å². The predicted octanol–water partition coefficient (Wildman–Crippen LogP) is 5.48. The van der Waals surface area contributed by atoms with Gasteiger partial charge < -0.3 is 29.3 Å². The molecular formula is C28H36N4O6. The maximum Gasteiger partial charge on any atom is 0.408 e. The van der Waals surface area contributed by atoms with Crippen LogP contribution in [0, 0.1) is 5.92 Å². The third-order valence-corrected chi connectivity index (χ3v) is 5.26. The molecule has 10 heteroatoms. The Hall–Kier alpha value is -3.92. The first-order valence-corrected chi connectivity index (χ1v) is 12.5. The number of hydrogen-bond donors (Lipinski definition) is 2. The SMILES string of the molecule is CC(C)[C@H](NC(=O)OC(C)(C)C)c1nnc([C@H](COCc2ccccc2)NC(=O)OCc2ccccc2)o1. The van der Waals surface area contributed by atoms with E-state index in [2.05, 4.69) is 20.8 Å². The van der Waals surface area contributed by atoms with E-state index in [1.165, 1.54) is 0 Å². The average Bonchev–Trinajstić information content (AvgIpc) is 3.35. The highest BCUT2D eigenvalue weighted by atomic mass is 16.6. The summed E-state index contributed by atoms with van der Waals surface area (Å²) in [6.07, 6.45) is -1.25. The predicted molar refractivity (Wildman–Crippen MR) is 140 cm³/mol. The molecule has 2 amide bonds. The summed E-state index contributed by atoms with van der Waals surface area (Å²) in [5, 5.41) is 13.8. The Morgan fingerprint density at radius 3 is 2.00 bits per heavy atom. The molecule has 2 atom stereocenters. The molecule has 0 aliphatic heterocycles. The van der Waals surface area contributed by atoms with Gasteiger partial charge in [-0.25, -0.2) is 9.59 Å². The number of alkyl carbamates (subject to hydrolysis) is 2. The summed E-state index contributed by atoms with van der Waals surface area (Å²) in [5.74, 6) is 0.238. The summed E-state index contributed by atoms with van der Waals surface area (Å²) >= 11 is 0. The van der Waals surface area contributed by atoms with Gasteiger partial charge in [-0.3, -0.25) is 0 Å². The van der Waals surface area contributed by atoms with Gasteiger partial charge in [-0.15, -0.1) is 10.2 Å². The number of aromatic nitrogens is 2. The maximum atomic E-state index is 12.6. The molecule has 0 saturated carbocycles. The van der Waals surface area contributed by atoms with E-state index in [-0.39, 0.29) is 30.9 Å². The van der Waals surface area contributed by atoms with Gasteiger partial charge in [-0.05, 0) is 37.8 Å². The summed E-state index contributed by atoms with van der Waals surface area (Å²) < 4.78 is 22.5. The van der Waals surface area contributed by atoms with Crippen molar-refractivity contribution in [3.63, 3.8) is 0 Å². The fourth-order valence-electron chi connectivity index (χ4n) is 3.41. The lowest BCUT2D eigenvalue weighted by Crippen LogP contribution is -2.37. The molecule has 0 unspecified atom stereocenters. The van der Waals surface area contributed by atoms with Gasteiger partial charge in [0.2, 0.25) is 11.8 Å². The monoisotopic (exact) mass is 524 g/mol. The first kappa shape index (κ1) is 28.6. The normalized spacial score (nSPS) is 13.0. The van der Waals surface area contributed by atoms with Crippen molar-refractivity contribution >= 4 is 12.2 Å². The largest absolute Gasteiger partial charge is 0.445 e. The van der Waals surface area contributed by atoms with Crippen LogP contribution in [0.3, 0.4) is 0 Å². The fraction of sp³-hybridized carbons (Fsp3) is 0.429. The lowest BCUT2D eigenvalue weighted by molar-refractivity contribution is 0.0477. The molecule has 3 rings (SSSR count). The molecule has 2 aromatic carbocycles. The van der Waals surface area contributed by atoms with E-state index in [0.717, 1.165) is 11.1 Å². The minimum Gasteiger partial charge on any atom is -0.445 e. The van der Waals surface area contributed by atoms with Crippen LogP contribution in [0.1, 0.15) is 69.6 Å². The molecule has 2 N–H and O–H groups in total. The number of benzene rings is 2. The molecular weight excluding hydrogens is 488 g/mol. The van der Waals surface area contributed by atoms with E-state index in [9.17, 15) is 9.59 Å². The molecule has 0 saturated heterocycles. The van der Waals surface area contributed by atoms with Crippen LogP contribution in [-0.2, 0) is 27.4 Å². The number of ether oxygens (including phenoxy) is 3. The lowest BCUT2D eigenvalue weighted by Gasteiger charge is -2.23. The van der Waals surface area contributed by atoms with E-state index in [4.69, 9.17) is 18.6 Å². The number of rotatable bonds is 11. The zero-order chi connectivity index (χ0) is 27.5. The van der Waals surface area contributed by atoms with Crippen LogP contribution < -0.4 is 10.6 Å². The third kappa shape index (κ3) is 9.51. The molecule has 0 spiro atoms. The van der Waals surface area contributed by atoms with Crippen molar-refractivity contribution < 1.29 is 28.2 Å². The Bertz CT molecular complexity index is 1140. The zero-order valence-electron chi connectivity index (χ0n) is 22.5. The molecule has 0 aliphatic carbocycles. The van der Waals surface area contributed by atoms with Crippen LogP contribution in [0.4, 0.5) is 9.59 Å². The Morgan fingerprint density at radius 1 is 0.842 bits per heavy atom. The lowest BCUT2D eigenvalue weighted by atomic mass is 10.1. The second-order valence-electron chi connectivity index (χ2n) is 10.1. The van der Waals surface area contributed by atoms with Gasteiger partial charge in [-0.2, -0.15) is 0 Å². The van der Waals surface area contributed by atoms with Gasteiger partial charge >= 0.3 is 12.2 Å². The van der Waals surface area contributed by atoms with Gasteiger partial charge in [0.25, 0.3) is 0 Å². The van der Waals surface area contributed by atoms with Crippen LogP contribution in [0.2, 0.25) is 0 Å². The quantitative estimate of drug-likeness (QED) is 0.338. The Kier molecular flexibility index (Phi) is 10.2. The topological polar surface area (TPSA) is 125 Å². The first-order valence-electron chi connectivity index (χ1n) is 12.5. The molecule has 1 heterocycles. The van der Waals surface area contributed by atoms with Gasteiger partial charge in [0, 0.05) is 0 Å². The van der Waals surface area contributed by atoms with Crippen molar-refractivity contribution in [2.75, 3.05) is 6.61 Å². The summed E-state index contributed by atoms with van der Waals surface area (Å²) in [4.78, 5) is 25.0. The Morgan fingerprint density at radius 2 is 1.42 bits per heavy atom. The maximum absolute atomic E-state index is 12.6. The molecule has 0 aliphatic rings. The Labute approximate surface area is 223 Å². The van der Waals surface area contributed by atoms with E-state index in [1.54, 1.807) is 20.8 Å². The van der Waals surface area contributed by atoms with Crippen molar-refractivity contribution in [1.29, 1.82) is 0 Å². The minimum atomic E-state index is -0.780. The third-order valence-electron chi connectivity index (χ3n) is 5.26. The highest BCUT2D eigenvalue weighted by molar-refractivity contribution is 5.68. The van der Waals surface area contributed by atoms with Crippen molar-refractivity contribution in [3.05, 3.63) is 83.6 Å². The summed E-state index contributed by atoms with van der Waals surface area (Å²) in [5.41, 5.74) is 1.18. The van der Waals surface area contributed by atoms with Crippen LogP contribution in [-0.4, -0.2) is 34.6 Å².